The first kappa shape index (κ1) is 16.4. The zero-order chi connectivity index (χ0) is 16.9. The lowest BCUT2D eigenvalue weighted by molar-refractivity contribution is 0.0198. The number of methoxy groups -OCH3 is 1. The Morgan fingerprint density at radius 1 is 1.21 bits per heavy atom. The summed E-state index contributed by atoms with van der Waals surface area (Å²) < 4.78 is 10.6. The van der Waals surface area contributed by atoms with E-state index in [-0.39, 0.29) is 0 Å². The monoisotopic (exact) mass is 323 g/mol. The van der Waals surface area contributed by atoms with Crippen LogP contribution in [0.25, 0.3) is 11.1 Å². The van der Waals surface area contributed by atoms with Crippen LogP contribution in [0.2, 0.25) is 0 Å². The maximum atomic E-state index is 9.42. The largest absolute Gasteiger partial charge is 0.480 e. The van der Waals surface area contributed by atoms with Gasteiger partial charge in [-0.05, 0) is 24.1 Å². The van der Waals surface area contributed by atoms with Gasteiger partial charge in [-0.2, -0.15) is 5.26 Å². The molecule has 0 bridgehead atoms. The van der Waals surface area contributed by atoms with E-state index in [1.165, 1.54) is 12.7 Å². The van der Waals surface area contributed by atoms with Gasteiger partial charge in [-0.25, -0.2) is 4.98 Å². The van der Waals surface area contributed by atoms with Gasteiger partial charge in [-0.15, -0.1) is 0 Å². The molecule has 0 radical (unpaired) electrons. The molecule has 0 aliphatic carbocycles. The van der Waals surface area contributed by atoms with Crippen molar-refractivity contribution >= 4 is 0 Å². The van der Waals surface area contributed by atoms with Crippen LogP contribution in [0.4, 0.5) is 0 Å². The fraction of sp³-hybridized carbons (Fsp3) is 0.368. The molecule has 1 aromatic carbocycles. The first-order chi connectivity index (χ1) is 11.7. The lowest BCUT2D eigenvalue weighted by Gasteiger charge is -2.32. The van der Waals surface area contributed by atoms with Gasteiger partial charge in [0, 0.05) is 30.9 Å². The van der Waals surface area contributed by atoms with Crippen molar-refractivity contribution in [1.82, 2.24) is 9.88 Å². The van der Waals surface area contributed by atoms with Crippen LogP contribution < -0.4 is 4.74 Å². The van der Waals surface area contributed by atoms with Gasteiger partial charge in [0.15, 0.2) is 0 Å². The van der Waals surface area contributed by atoms with Crippen molar-refractivity contribution in [3.05, 3.63) is 47.7 Å². The molecule has 0 spiro atoms. The molecular weight excluding hydrogens is 302 g/mol. The van der Waals surface area contributed by atoms with Crippen molar-refractivity contribution in [2.45, 2.75) is 13.0 Å². The molecule has 24 heavy (non-hydrogen) atoms. The third-order valence-corrected chi connectivity index (χ3v) is 4.52. The van der Waals surface area contributed by atoms with Crippen molar-refractivity contribution in [2.24, 2.45) is 0 Å². The van der Waals surface area contributed by atoms with Gasteiger partial charge in [-0.3, -0.25) is 4.90 Å². The second-order valence-electron chi connectivity index (χ2n) is 5.80. The van der Waals surface area contributed by atoms with Gasteiger partial charge >= 0.3 is 0 Å². The highest BCUT2D eigenvalue weighted by Crippen LogP contribution is 2.30. The van der Waals surface area contributed by atoms with Gasteiger partial charge < -0.3 is 9.47 Å². The average molecular weight is 323 g/mol. The van der Waals surface area contributed by atoms with Gasteiger partial charge in [0.25, 0.3) is 0 Å². The van der Waals surface area contributed by atoms with Crippen LogP contribution in [0.15, 0.2) is 36.5 Å². The van der Waals surface area contributed by atoms with Crippen LogP contribution in [0, 0.1) is 11.3 Å². The third-order valence-electron chi connectivity index (χ3n) is 4.52. The summed E-state index contributed by atoms with van der Waals surface area (Å²) in [6, 6.07) is 12.8. The van der Waals surface area contributed by atoms with E-state index in [2.05, 4.69) is 47.1 Å². The highest BCUT2D eigenvalue weighted by Gasteiger charge is 2.19. The molecule has 1 fully saturated rings. The van der Waals surface area contributed by atoms with Crippen LogP contribution in [0.3, 0.4) is 0 Å². The van der Waals surface area contributed by atoms with E-state index in [1.54, 1.807) is 6.20 Å². The number of ether oxygens (including phenoxy) is 2. The number of nitrogens with zero attached hydrogens (tertiary/aromatic N) is 3. The van der Waals surface area contributed by atoms with E-state index in [1.807, 2.05) is 6.07 Å². The summed E-state index contributed by atoms with van der Waals surface area (Å²) in [5, 5.41) is 9.42. The SMILES string of the molecule is COc1nccc(-c2ccc(C(C)N3CCOCC3)cc2)c1C#N. The average Bonchev–Trinajstić information content (AvgIpc) is 2.67. The zero-order valence-electron chi connectivity index (χ0n) is 14.0. The number of morpholine rings is 1. The van der Waals surface area contributed by atoms with E-state index < -0.39 is 0 Å². The molecule has 2 heterocycles. The molecule has 1 unspecified atom stereocenters. The lowest BCUT2D eigenvalue weighted by atomic mass is 9.98. The Labute approximate surface area is 142 Å². The fourth-order valence-electron chi connectivity index (χ4n) is 3.06. The minimum Gasteiger partial charge on any atom is -0.480 e. The number of benzene rings is 1. The minimum absolute atomic E-state index is 0.352. The van der Waals surface area contributed by atoms with E-state index in [0.717, 1.165) is 37.4 Å². The van der Waals surface area contributed by atoms with Crippen LogP contribution in [0.1, 0.15) is 24.1 Å². The Bertz CT molecular complexity index is 731. The first-order valence-electron chi connectivity index (χ1n) is 8.10. The van der Waals surface area contributed by atoms with E-state index >= 15 is 0 Å². The number of hydrogen-bond donors (Lipinski definition) is 0. The predicted octanol–water partition coefficient (Wildman–Crippen LogP) is 3.02. The minimum atomic E-state index is 0.352. The van der Waals surface area contributed by atoms with E-state index in [9.17, 15) is 5.26 Å². The maximum absolute atomic E-state index is 9.42. The first-order valence-corrected chi connectivity index (χ1v) is 8.10. The van der Waals surface area contributed by atoms with Crippen LogP contribution in [-0.4, -0.2) is 43.3 Å². The topological polar surface area (TPSA) is 58.4 Å². The Kier molecular flexibility index (Phi) is 5.09. The molecule has 1 saturated heterocycles. The third kappa shape index (κ3) is 3.25. The molecule has 1 atom stereocenters. The number of pyridine rings is 1. The Hall–Kier alpha value is -2.42. The summed E-state index contributed by atoms with van der Waals surface area (Å²) >= 11 is 0. The highest BCUT2D eigenvalue weighted by molar-refractivity contribution is 5.72. The summed E-state index contributed by atoms with van der Waals surface area (Å²) in [6.45, 7) is 5.73. The molecule has 0 amide bonds. The molecule has 5 nitrogen and oxygen atoms in total. The molecule has 5 heteroatoms. The van der Waals surface area contributed by atoms with Crippen molar-refractivity contribution in [3.8, 4) is 23.1 Å². The number of hydrogen-bond acceptors (Lipinski definition) is 5. The summed E-state index contributed by atoms with van der Waals surface area (Å²) in [5.41, 5.74) is 3.56. The molecule has 0 saturated carbocycles. The Balaban J connectivity index is 1.86. The second-order valence-corrected chi connectivity index (χ2v) is 5.80. The summed E-state index contributed by atoms with van der Waals surface area (Å²) in [7, 11) is 1.53. The van der Waals surface area contributed by atoms with Gasteiger partial charge in [0.1, 0.15) is 11.6 Å². The molecule has 0 N–H and O–H groups in total. The fourth-order valence-corrected chi connectivity index (χ4v) is 3.06. The van der Waals surface area contributed by atoms with E-state index in [4.69, 9.17) is 9.47 Å². The number of aromatic nitrogens is 1. The quantitative estimate of drug-likeness (QED) is 0.865. The smallest absolute Gasteiger partial charge is 0.232 e. The zero-order valence-corrected chi connectivity index (χ0v) is 14.0. The van der Waals surface area contributed by atoms with Crippen molar-refractivity contribution < 1.29 is 9.47 Å². The van der Waals surface area contributed by atoms with Gasteiger partial charge in [0.05, 0.1) is 20.3 Å². The summed E-state index contributed by atoms with van der Waals surface area (Å²) in [6.07, 6.45) is 1.67. The van der Waals surface area contributed by atoms with E-state index in [0.29, 0.717) is 17.5 Å². The molecule has 1 aliphatic heterocycles. The van der Waals surface area contributed by atoms with Gasteiger partial charge in [-0.1, -0.05) is 24.3 Å². The highest BCUT2D eigenvalue weighted by atomic mass is 16.5. The standard InChI is InChI=1S/C19H21N3O2/c1-14(22-9-11-24-12-10-22)15-3-5-16(6-4-15)17-7-8-21-19(23-2)18(17)13-20/h3-8,14H,9-12H2,1-2H3. The van der Waals surface area contributed by atoms with Gasteiger partial charge in [0.2, 0.25) is 5.88 Å². The molecule has 2 aromatic rings. The molecule has 1 aliphatic rings. The number of nitriles is 1. The normalized spacial score (nSPS) is 16.4. The maximum Gasteiger partial charge on any atom is 0.232 e. The second kappa shape index (κ2) is 7.43. The van der Waals surface area contributed by atoms with Crippen molar-refractivity contribution in [3.63, 3.8) is 0 Å². The lowest BCUT2D eigenvalue weighted by Crippen LogP contribution is -2.37. The van der Waals surface area contributed by atoms with Crippen molar-refractivity contribution in [1.29, 1.82) is 5.26 Å². The molecule has 3 rings (SSSR count). The molecular formula is C19H21N3O2. The summed E-state index contributed by atoms with van der Waals surface area (Å²) in [5.74, 6) is 0.362. The number of rotatable bonds is 4. The van der Waals surface area contributed by atoms with Crippen molar-refractivity contribution in [2.75, 3.05) is 33.4 Å². The Morgan fingerprint density at radius 3 is 2.54 bits per heavy atom. The van der Waals surface area contributed by atoms with Crippen LogP contribution in [-0.2, 0) is 4.74 Å². The predicted molar refractivity (Wildman–Crippen MR) is 91.7 cm³/mol. The molecule has 1 aromatic heterocycles. The summed E-state index contributed by atoms with van der Waals surface area (Å²) in [4.78, 5) is 6.52. The Morgan fingerprint density at radius 2 is 1.92 bits per heavy atom. The van der Waals surface area contributed by atoms with Crippen LogP contribution >= 0.6 is 0 Å². The van der Waals surface area contributed by atoms with Crippen LogP contribution in [0.5, 0.6) is 5.88 Å². The molecule has 124 valence electrons.